The van der Waals surface area contributed by atoms with Crippen molar-refractivity contribution in [3.63, 3.8) is 0 Å². The molecule has 0 saturated heterocycles. The smallest absolute Gasteiger partial charge is 0.0536 e. The Morgan fingerprint density at radius 3 is 2.67 bits per heavy atom. The minimum Gasteiger partial charge on any atom is -0.366 e. The van der Waals surface area contributed by atoms with Crippen molar-refractivity contribution in [2.75, 3.05) is 6.54 Å². The molecule has 0 aromatic carbocycles. The summed E-state index contributed by atoms with van der Waals surface area (Å²) >= 11 is 2.24. The van der Waals surface area contributed by atoms with Crippen molar-refractivity contribution < 1.29 is 0 Å². The van der Waals surface area contributed by atoms with Crippen LogP contribution in [0.1, 0.15) is 6.42 Å². The zero-order valence-corrected chi connectivity index (χ0v) is 10.9. The zero-order valence-electron chi connectivity index (χ0n) is 8.77. The van der Waals surface area contributed by atoms with Crippen LogP contribution < -0.4 is 0 Å². The highest BCUT2D eigenvalue weighted by Crippen LogP contribution is 2.33. The van der Waals surface area contributed by atoms with Crippen molar-refractivity contribution in [1.82, 2.24) is 4.90 Å². The van der Waals surface area contributed by atoms with Gasteiger partial charge in [-0.05, 0) is 10.5 Å². The quantitative estimate of drug-likeness (QED) is 0.409. The van der Waals surface area contributed by atoms with E-state index >= 15 is 0 Å². The number of allylic oxidation sites excluding steroid dienone is 4. The van der Waals surface area contributed by atoms with Gasteiger partial charge in [0.2, 0.25) is 0 Å². The lowest BCUT2D eigenvalue weighted by atomic mass is 10.4. The molecular formula is C13H16IN. The molecule has 2 heteroatoms. The van der Waals surface area contributed by atoms with Crippen molar-refractivity contribution in [2.24, 2.45) is 0 Å². The summed E-state index contributed by atoms with van der Waals surface area (Å²) in [5, 5.41) is 0. The summed E-state index contributed by atoms with van der Waals surface area (Å²) < 4.78 is 2.04. The van der Waals surface area contributed by atoms with Crippen LogP contribution in [0.25, 0.3) is 0 Å². The van der Waals surface area contributed by atoms with E-state index in [2.05, 4.69) is 52.9 Å². The molecule has 15 heavy (non-hydrogen) atoms. The highest BCUT2D eigenvalue weighted by atomic mass is 127. The minimum absolute atomic E-state index is 0.559. The first-order chi connectivity index (χ1) is 7.29. The molecule has 1 rings (SSSR count). The van der Waals surface area contributed by atoms with Gasteiger partial charge < -0.3 is 4.90 Å². The largest absolute Gasteiger partial charge is 0.366 e. The van der Waals surface area contributed by atoms with Crippen LogP contribution in [-0.2, 0) is 0 Å². The summed E-state index contributed by atoms with van der Waals surface area (Å²) in [5.74, 6) is 0. The van der Waals surface area contributed by atoms with E-state index < -0.39 is 0 Å². The number of nitrogens with zero attached hydrogens (tertiary/aromatic N) is 1. The summed E-state index contributed by atoms with van der Waals surface area (Å²) in [4.78, 5) is 2.30. The van der Waals surface area contributed by atoms with E-state index in [9.17, 15) is 0 Å². The Morgan fingerprint density at radius 1 is 1.40 bits per heavy atom. The van der Waals surface area contributed by atoms with Crippen LogP contribution in [0.15, 0.2) is 59.4 Å². The fourth-order valence-corrected chi connectivity index (χ4v) is 1.72. The van der Waals surface area contributed by atoms with Gasteiger partial charge in [-0.25, -0.2) is 0 Å². The molecule has 1 unspecified atom stereocenters. The molecule has 0 spiro atoms. The van der Waals surface area contributed by atoms with Gasteiger partial charge in [-0.3, -0.25) is 0 Å². The van der Waals surface area contributed by atoms with Gasteiger partial charge in [0.25, 0.3) is 0 Å². The molecule has 80 valence electrons. The van der Waals surface area contributed by atoms with Crippen LogP contribution in [0.4, 0.5) is 0 Å². The second-order valence-electron chi connectivity index (χ2n) is 3.40. The lowest BCUT2D eigenvalue weighted by molar-refractivity contribution is 0.417. The molecule has 1 aliphatic rings. The van der Waals surface area contributed by atoms with Crippen LogP contribution in [0.5, 0.6) is 0 Å². The molecule has 0 aromatic heterocycles. The van der Waals surface area contributed by atoms with E-state index in [-0.39, 0.29) is 0 Å². The molecule has 1 nitrogen and oxygen atoms in total. The molecule has 0 amide bonds. The minimum atomic E-state index is 0.559. The zero-order chi connectivity index (χ0) is 11.1. The van der Waals surface area contributed by atoms with Crippen LogP contribution in [-0.4, -0.2) is 17.5 Å². The fourth-order valence-electron chi connectivity index (χ4n) is 1.31. The third-order valence-electron chi connectivity index (χ3n) is 2.23. The summed E-state index contributed by atoms with van der Waals surface area (Å²) in [5.41, 5.74) is 1.33. The van der Waals surface area contributed by atoms with Crippen molar-refractivity contribution in [3.05, 3.63) is 59.4 Å². The predicted molar refractivity (Wildman–Crippen MR) is 75.9 cm³/mol. The first-order valence-electron chi connectivity index (χ1n) is 4.94. The number of halogens is 1. The summed E-state index contributed by atoms with van der Waals surface area (Å²) in [6, 6.07) is 0.559. The Bertz CT molecular complexity index is 312. The second-order valence-corrected chi connectivity index (χ2v) is 4.12. The van der Waals surface area contributed by atoms with Gasteiger partial charge in [0.05, 0.1) is 6.04 Å². The summed E-state index contributed by atoms with van der Waals surface area (Å²) in [6.07, 6.45) is 13.1. The van der Waals surface area contributed by atoms with Crippen LogP contribution in [0.2, 0.25) is 0 Å². The van der Waals surface area contributed by atoms with Crippen molar-refractivity contribution in [2.45, 2.75) is 12.5 Å². The Hall–Kier alpha value is -0.770. The molecule has 1 saturated carbocycles. The molecule has 0 bridgehead atoms. The molecule has 0 aromatic rings. The second kappa shape index (κ2) is 6.67. The maximum Gasteiger partial charge on any atom is 0.0536 e. The fraction of sp³-hybridized carbons (Fsp3) is 0.231. The molecule has 1 aliphatic carbocycles. The molecule has 1 fully saturated rings. The normalized spacial score (nSPS) is 20.6. The Labute approximate surface area is 106 Å². The first kappa shape index (κ1) is 12.3. The third kappa shape index (κ3) is 4.51. The van der Waals surface area contributed by atoms with E-state index in [1.807, 2.05) is 22.3 Å². The van der Waals surface area contributed by atoms with Gasteiger partial charge in [0.15, 0.2) is 0 Å². The van der Waals surface area contributed by atoms with Crippen LogP contribution in [0, 0.1) is 0 Å². The van der Waals surface area contributed by atoms with Gasteiger partial charge >= 0.3 is 0 Å². The number of hydrogen-bond acceptors (Lipinski definition) is 1. The van der Waals surface area contributed by atoms with E-state index in [1.165, 1.54) is 5.57 Å². The van der Waals surface area contributed by atoms with Crippen molar-refractivity contribution in [1.29, 1.82) is 0 Å². The van der Waals surface area contributed by atoms with E-state index in [1.54, 1.807) is 6.08 Å². The maximum absolute atomic E-state index is 3.98. The average Bonchev–Trinajstić information content (AvgIpc) is 2.94. The summed E-state index contributed by atoms with van der Waals surface area (Å²) in [6.45, 7) is 8.53. The van der Waals surface area contributed by atoms with Gasteiger partial charge in [-0.1, -0.05) is 71.7 Å². The lowest BCUT2D eigenvalue weighted by Gasteiger charge is -2.16. The topological polar surface area (TPSA) is 3.24 Å². The monoisotopic (exact) mass is 313 g/mol. The van der Waals surface area contributed by atoms with Gasteiger partial charge in [0.1, 0.15) is 0 Å². The first-order valence-corrected chi connectivity index (χ1v) is 6.18. The summed E-state index contributed by atoms with van der Waals surface area (Å²) in [7, 11) is 0. The number of hydrogen-bond donors (Lipinski definition) is 0. The van der Waals surface area contributed by atoms with Gasteiger partial charge in [-0.15, -0.1) is 0 Å². The van der Waals surface area contributed by atoms with E-state index in [4.69, 9.17) is 0 Å². The predicted octanol–water partition coefficient (Wildman–Crippen LogP) is 3.82. The Morgan fingerprint density at radius 2 is 2.13 bits per heavy atom. The molecule has 0 N–H and O–H groups in total. The Balaban J connectivity index is 2.38. The SMILES string of the molecule is C=C/C=C\C=C\CN(/C=C/I)C1CC1=C. The highest BCUT2D eigenvalue weighted by molar-refractivity contribution is 14.1. The van der Waals surface area contributed by atoms with Crippen molar-refractivity contribution >= 4 is 22.6 Å². The van der Waals surface area contributed by atoms with E-state index in [0.29, 0.717) is 6.04 Å². The standard InChI is InChI=1S/C13H16IN/c1-3-4-5-6-7-9-15(10-8-14)13-11-12(13)2/h3-8,10,13H,1-2,9,11H2/b5-4-,7-6+,10-8+. The van der Waals surface area contributed by atoms with Crippen LogP contribution >= 0.6 is 22.6 Å². The molecular weight excluding hydrogens is 297 g/mol. The molecule has 1 atom stereocenters. The van der Waals surface area contributed by atoms with Gasteiger partial charge in [0, 0.05) is 12.7 Å². The van der Waals surface area contributed by atoms with Crippen molar-refractivity contribution in [3.8, 4) is 0 Å². The highest BCUT2D eigenvalue weighted by Gasteiger charge is 2.31. The third-order valence-corrected chi connectivity index (χ3v) is 2.55. The number of rotatable bonds is 6. The average molecular weight is 313 g/mol. The molecule has 0 heterocycles. The molecule has 0 radical (unpaired) electrons. The lowest BCUT2D eigenvalue weighted by Crippen LogP contribution is -2.19. The molecule has 0 aliphatic heterocycles. The van der Waals surface area contributed by atoms with Crippen LogP contribution in [0.3, 0.4) is 0 Å². The van der Waals surface area contributed by atoms with E-state index in [0.717, 1.165) is 13.0 Å². The Kier molecular flexibility index (Phi) is 5.47. The van der Waals surface area contributed by atoms with Gasteiger partial charge in [-0.2, -0.15) is 0 Å². The maximum atomic E-state index is 3.98.